The fourth-order valence-corrected chi connectivity index (χ4v) is 6.32. The van der Waals surface area contributed by atoms with Gasteiger partial charge in [-0.05, 0) is 52.4 Å². The number of unbranched alkanes of at least 4 members (excludes halogenated alkanes) is 9. The van der Waals surface area contributed by atoms with Crippen molar-refractivity contribution in [2.45, 2.75) is 167 Å². The van der Waals surface area contributed by atoms with Crippen LogP contribution < -0.4 is 0 Å². The van der Waals surface area contributed by atoms with Crippen molar-refractivity contribution in [1.82, 2.24) is 9.80 Å². The number of rotatable bonds is 17. The normalized spacial score (nSPS) is 17.6. The molecule has 198 valence electrons. The summed E-state index contributed by atoms with van der Waals surface area (Å²) in [5, 5.41) is 0. The molecule has 34 heavy (non-hydrogen) atoms. The second-order valence-electron chi connectivity index (χ2n) is 11.0. The van der Waals surface area contributed by atoms with Gasteiger partial charge in [0.1, 0.15) is 0 Å². The van der Waals surface area contributed by atoms with Crippen LogP contribution in [-0.4, -0.2) is 46.8 Å². The molecule has 2 fully saturated rings. The van der Waals surface area contributed by atoms with Crippen molar-refractivity contribution in [2.75, 3.05) is 13.1 Å². The number of carbonyl (C=O) groups excluding carboxylic acids is 2. The summed E-state index contributed by atoms with van der Waals surface area (Å²) in [6.45, 7) is 6.05. The molecule has 0 aliphatic heterocycles. The number of nitrogens with zero attached hydrogens (tertiary/aromatic N) is 2. The van der Waals surface area contributed by atoms with E-state index in [1.165, 1.54) is 116 Å². The number of amides is 2. The van der Waals surface area contributed by atoms with Gasteiger partial charge in [-0.3, -0.25) is 9.59 Å². The van der Waals surface area contributed by atoms with Crippen molar-refractivity contribution < 1.29 is 9.59 Å². The first-order chi connectivity index (χ1) is 16.7. The summed E-state index contributed by atoms with van der Waals surface area (Å²) in [6, 6.07) is 1.04. The number of carbonyl (C=O) groups is 2. The second kappa shape index (κ2) is 18.2. The standard InChI is InChI=1S/C30H56N2O2/c1-3-31(27-21-15-13-16-22-27)29(33)25-19-11-9-7-5-6-8-10-12-20-26-30(34)32(4-2)28-23-17-14-18-24-28/h27-28H,3-26H2,1-2H3. The highest BCUT2D eigenvalue weighted by atomic mass is 16.2. The maximum Gasteiger partial charge on any atom is 0.222 e. The van der Waals surface area contributed by atoms with Crippen LogP contribution in [0.25, 0.3) is 0 Å². The van der Waals surface area contributed by atoms with E-state index in [1.807, 2.05) is 0 Å². The number of hydrogen-bond acceptors (Lipinski definition) is 2. The van der Waals surface area contributed by atoms with E-state index in [9.17, 15) is 9.59 Å². The maximum atomic E-state index is 12.6. The molecule has 0 saturated heterocycles. The molecule has 2 saturated carbocycles. The molecular formula is C30H56N2O2. The fraction of sp³-hybridized carbons (Fsp3) is 0.933. The van der Waals surface area contributed by atoms with Gasteiger partial charge in [0.25, 0.3) is 0 Å². The largest absolute Gasteiger partial charge is 0.340 e. The van der Waals surface area contributed by atoms with Crippen LogP contribution in [0.4, 0.5) is 0 Å². The zero-order valence-electron chi connectivity index (χ0n) is 22.8. The summed E-state index contributed by atoms with van der Waals surface area (Å²) >= 11 is 0. The fourth-order valence-electron chi connectivity index (χ4n) is 6.32. The Bertz CT molecular complexity index is 490. The Morgan fingerprint density at radius 1 is 0.500 bits per heavy atom. The van der Waals surface area contributed by atoms with Crippen molar-refractivity contribution in [1.29, 1.82) is 0 Å². The summed E-state index contributed by atoms with van der Waals surface area (Å²) < 4.78 is 0. The molecule has 0 spiro atoms. The van der Waals surface area contributed by atoms with E-state index >= 15 is 0 Å². The van der Waals surface area contributed by atoms with Gasteiger partial charge in [0.05, 0.1) is 0 Å². The molecule has 4 nitrogen and oxygen atoms in total. The summed E-state index contributed by atoms with van der Waals surface area (Å²) in [4.78, 5) is 29.6. The minimum absolute atomic E-state index is 0.397. The van der Waals surface area contributed by atoms with Crippen LogP contribution in [0.2, 0.25) is 0 Å². The van der Waals surface area contributed by atoms with Crippen LogP contribution in [0, 0.1) is 0 Å². The van der Waals surface area contributed by atoms with E-state index in [4.69, 9.17) is 0 Å². The van der Waals surface area contributed by atoms with Gasteiger partial charge in [-0.15, -0.1) is 0 Å². The van der Waals surface area contributed by atoms with Crippen LogP contribution in [0.5, 0.6) is 0 Å². The third-order valence-electron chi connectivity index (χ3n) is 8.38. The molecule has 2 aliphatic rings. The second-order valence-corrected chi connectivity index (χ2v) is 11.0. The lowest BCUT2D eigenvalue weighted by atomic mass is 9.94. The smallest absolute Gasteiger partial charge is 0.222 e. The third-order valence-corrected chi connectivity index (χ3v) is 8.38. The molecule has 0 bridgehead atoms. The zero-order chi connectivity index (χ0) is 24.4. The molecule has 0 aromatic carbocycles. The van der Waals surface area contributed by atoms with Crippen molar-refractivity contribution in [3.05, 3.63) is 0 Å². The van der Waals surface area contributed by atoms with E-state index in [-0.39, 0.29) is 0 Å². The lowest BCUT2D eigenvalue weighted by Gasteiger charge is -2.33. The molecule has 0 aromatic heterocycles. The SMILES string of the molecule is CCN(C(=O)CCCCCCCCCCCCC(=O)N(CC)C1CCCCC1)C1CCCCC1. The van der Waals surface area contributed by atoms with Crippen LogP contribution in [0.15, 0.2) is 0 Å². The van der Waals surface area contributed by atoms with Crippen LogP contribution in [0.1, 0.15) is 155 Å². The molecular weight excluding hydrogens is 420 g/mol. The Kier molecular flexibility index (Phi) is 15.7. The van der Waals surface area contributed by atoms with E-state index < -0.39 is 0 Å². The summed E-state index contributed by atoms with van der Waals surface area (Å²) in [7, 11) is 0. The van der Waals surface area contributed by atoms with Gasteiger partial charge in [-0.2, -0.15) is 0 Å². The number of hydrogen-bond donors (Lipinski definition) is 0. The molecule has 2 amide bonds. The minimum Gasteiger partial charge on any atom is -0.340 e. The Morgan fingerprint density at radius 2 is 0.794 bits per heavy atom. The van der Waals surface area contributed by atoms with Gasteiger partial charge >= 0.3 is 0 Å². The highest BCUT2D eigenvalue weighted by Crippen LogP contribution is 2.24. The Balaban J connectivity index is 1.39. The molecule has 0 heterocycles. The van der Waals surface area contributed by atoms with Crippen molar-refractivity contribution >= 4 is 11.8 Å². The van der Waals surface area contributed by atoms with Gasteiger partial charge in [0.15, 0.2) is 0 Å². The Hall–Kier alpha value is -1.06. The molecule has 4 heteroatoms. The van der Waals surface area contributed by atoms with Gasteiger partial charge in [-0.25, -0.2) is 0 Å². The van der Waals surface area contributed by atoms with E-state index in [2.05, 4.69) is 23.6 Å². The van der Waals surface area contributed by atoms with Crippen molar-refractivity contribution in [3.63, 3.8) is 0 Å². The van der Waals surface area contributed by atoms with E-state index in [0.717, 1.165) is 38.8 Å². The summed E-state index contributed by atoms with van der Waals surface area (Å²) in [6.07, 6.45) is 26.6. The Morgan fingerprint density at radius 3 is 1.09 bits per heavy atom. The maximum absolute atomic E-state index is 12.6. The minimum atomic E-state index is 0.397. The first-order valence-electron chi connectivity index (χ1n) is 15.3. The zero-order valence-corrected chi connectivity index (χ0v) is 22.8. The van der Waals surface area contributed by atoms with E-state index in [0.29, 0.717) is 23.9 Å². The molecule has 2 rings (SSSR count). The molecule has 0 N–H and O–H groups in total. The van der Waals surface area contributed by atoms with Crippen LogP contribution in [-0.2, 0) is 9.59 Å². The molecule has 0 radical (unpaired) electrons. The van der Waals surface area contributed by atoms with Gasteiger partial charge < -0.3 is 9.80 Å². The van der Waals surface area contributed by atoms with Gasteiger partial charge in [0.2, 0.25) is 11.8 Å². The topological polar surface area (TPSA) is 40.6 Å². The van der Waals surface area contributed by atoms with Gasteiger partial charge in [-0.1, -0.05) is 89.9 Å². The lowest BCUT2D eigenvalue weighted by Crippen LogP contribution is -2.41. The molecule has 0 aromatic rings. The van der Waals surface area contributed by atoms with E-state index in [1.54, 1.807) is 0 Å². The van der Waals surface area contributed by atoms with Crippen LogP contribution in [0.3, 0.4) is 0 Å². The molecule has 0 unspecified atom stereocenters. The lowest BCUT2D eigenvalue weighted by molar-refractivity contribution is -0.134. The molecule has 0 atom stereocenters. The molecule has 2 aliphatic carbocycles. The van der Waals surface area contributed by atoms with Gasteiger partial charge in [0, 0.05) is 38.0 Å². The average molecular weight is 477 g/mol. The highest BCUT2D eigenvalue weighted by Gasteiger charge is 2.24. The van der Waals surface area contributed by atoms with Crippen LogP contribution >= 0.6 is 0 Å². The third kappa shape index (κ3) is 11.1. The predicted octanol–water partition coefficient (Wildman–Crippen LogP) is 8.03. The average Bonchev–Trinajstić information content (AvgIpc) is 2.87. The first kappa shape index (κ1) is 29.2. The van der Waals surface area contributed by atoms with Crippen molar-refractivity contribution in [3.8, 4) is 0 Å². The first-order valence-corrected chi connectivity index (χ1v) is 15.3. The summed E-state index contributed by atoms with van der Waals surface area (Å²) in [5.74, 6) is 0.794. The summed E-state index contributed by atoms with van der Waals surface area (Å²) in [5.41, 5.74) is 0. The predicted molar refractivity (Wildman–Crippen MR) is 144 cm³/mol. The highest BCUT2D eigenvalue weighted by molar-refractivity contribution is 5.76. The quantitative estimate of drug-likeness (QED) is 0.199. The van der Waals surface area contributed by atoms with Crippen molar-refractivity contribution in [2.24, 2.45) is 0 Å². The monoisotopic (exact) mass is 476 g/mol. The Labute approximate surface area is 211 Å².